The molecule has 3 amide bonds. The van der Waals surface area contributed by atoms with Crippen LogP contribution in [0.2, 0.25) is 0 Å². The highest BCUT2D eigenvalue weighted by molar-refractivity contribution is 6.23. The number of rotatable bonds is 4. The van der Waals surface area contributed by atoms with E-state index < -0.39 is 6.09 Å². The van der Waals surface area contributed by atoms with E-state index in [2.05, 4.69) is 0 Å². The smallest absolute Gasteiger partial charge is 0.409 e. The van der Waals surface area contributed by atoms with Gasteiger partial charge in [-0.2, -0.15) is 0 Å². The molecule has 3 rings (SSSR count). The molecular formula is C16H19N3O4. The number of anilines is 1. The average molecular weight is 317 g/mol. The molecule has 2 heterocycles. The third-order valence-electron chi connectivity index (χ3n) is 4.19. The van der Waals surface area contributed by atoms with Gasteiger partial charge in [-0.15, -0.1) is 0 Å². The van der Waals surface area contributed by atoms with Crippen LogP contribution in [-0.4, -0.2) is 53.4 Å². The molecule has 2 aliphatic rings. The van der Waals surface area contributed by atoms with E-state index in [1.54, 1.807) is 18.2 Å². The summed E-state index contributed by atoms with van der Waals surface area (Å²) in [4.78, 5) is 39.3. The summed E-state index contributed by atoms with van der Waals surface area (Å²) in [5.41, 5.74) is 6.71. The monoisotopic (exact) mass is 317 g/mol. The van der Waals surface area contributed by atoms with E-state index in [0.717, 1.165) is 12.8 Å². The summed E-state index contributed by atoms with van der Waals surface area (Å²) in [6, 6.07) is 4.54. The highest BCUT2D eigenvalue weighted by Gasteiger charge is 2.46. The van der Waals surface area contributed by atoms with Crippen LogP contribution in [0.5, 0.6) is 0 Å². The third kappa shape index (κ3) is 2.52. The molecule has 0 aliphatic carbocycles. The summed E-state index contributed by atoms with van der Waals surface area (Å²) in [7, 11) is 0. The number of amides is 3. The van der Waals surface area contributed by atoms with Crippen LogP contribution in [0.4, 0.5) is 10.5 Å². The zero-order valence-electron chi connectivity index (χ0n) is 12.9. The van der Waals surface area contributed by atoms with Crippen LogP contribution in [-0.2, 0) is 4.74 Å². The first kappa shape index (κ1) is 15.3. The summed E-state index contributed by atoms with van der Waals surface area (Å²) < 4.78 is 5.11. The Labute approximate surface area is 134 Å². The number of hydrogen-bond donors (Lipinski definition) is 1. The Morgan fingerprint density at radius 1 is 1.30 bits per heavy atom. The molecule has 1 aromatic carbocycles. The van der Waals surface area contributed by atoms with Gasteiger partial charge in [-0.3, -0.25) is 14.5 Å². The van der Waals surface area contributed by atoms with Crippen molar-refractivity contribution in [3.8, 4) is 0 Å². The van der Waals surface area contributed by atoms with Crippen molar-refractivity contribution in [1.29, 1.82) is 0 Å². The van der Waals surface area contributed by atoms with Gasteiger partial charge >= 0.3 is 6.09 Å². The van der Waals surface area contributed by atoms with Gasteiger partial charge in [-0.25, -0.2) is 4.79 Å². The molecule has 0 atom stereocenters. The number of fused-ring (bicyclic) bond motifs is 1. The van der Waals surface area contributed by atoms with Gasteiger partial charge in [0.05, 0.1) is 23.8 Å². The fourth-order valence-electron chi connectivity index (χ4n) is 2.82. The molecule has 2 aliphatic heterocycles. The van der Waals surface area contributed by atoms with Crippen molar-refractivity contribution in [1.82, 2.24) is 9.80 Å². The molecular weight excluding hydrogens is 298 g/mol. The zero-order valence-corrected chi connectivity index (χ0v) is 12.9. The Hall–Kier alpha value is -2.57. The van der Waals surface area contributed by atoms with Crippen molar-refractivity contribution in [2.75, 3.05) is 25.4 Å². The van der Waals surface area contributed by atoms with Gasteiger partial charge in [-0.1, -0.05) is 19.4 Å². The lowest BCUT2D eigenvalue weighted by Gasteiger charge is -2.42. The minimum atomic E-state index is -0.397. The van der Waals surface area contributed by atoms with E-state index in [-0.39, 0.29) is 23.4 Å². The lowest BCUT2D eigenvalue weighted by atomic mass is 10.1. The number of carbonyl (C=O) groups excluding carboxylic acids is 3. The molecule has 0 aromatic heterocycles. The first-order valence-electron chi connectivity index (χ1n) is 7.72. The third-order valence-corrected chi connectivity index (χ3v) is 4.19. The van der Waals surface area contributed by atoms with E-state index >= 15 is 0 Å². The summed E-state index contributed by atoms with van der Waals surface area (Å²) in [6.45, 7) is 3.01. The number of hydrogen-bond acceptors (Lipinski definition) is 5. The molecule has 0 bridgehead atoms. The summed E-state index contributed by atoms with van der Waals surface area (Å²) in [5, 5.41) is 0. The molecule has 0 radical (unpaired) electrons. The van der Waals surface area contributed by atoms with Crippen LogP contribution in [0, 0.1) is 0 Å². The molecule has 2 N–H and O–H groups in total. The minimum Gasteiger partial charge on any atom is -0.449 e. The Balaban J connectivity index is 1.63. The molecule has 7 nitrogen and oxygen atoms in total. The number of nitrogen functional groups attached to an aromatic ring is 1. The SMILES string of the molecule is CCCCOC(=O)N1CC(N2C(=O)c3cccc(N)c3C2=O)C1. The molecule has 0 unspecified atom stereocenters. The number of carbonyl (C=O) groups is 3. The standard InChI is InChI=1S/C16H19N3O4/c1-2-3-7-23-16(22)18-8-10(9-18)19-14(20)11-5-4-6-12(17)13(11)15(19)21/h4-6,10H,2-3,7-9,17H2,1H3. The Bertz CT molecular complexity index is 667. The molecule has 23 heavy (non-hydrogen) atoms. The van der Waals surface area contributed by atoms with Crippen molar-refractivity contribution >= 4 is 23.6 Å². The van der Waals surface area contributed by atoms with Gasteiger partial charge in [0.1, 0.15) is 0 Å². The van der Waals surface area contributed by atoms with Gasteiger partial charge in [0.15, 0.2) is 0 Å². The van der Waals surface area contributed by atoms with Crippen molar-refractivity contribution < 1.29 is 19.1 Å². The maximum Gasteiger partial charge on any atom is 0.409 e. The predicted molar refractivity (Wildman–Crippen MR) is 83.0 cm³/mol. The highest BCUT2D eigenvalue weighted by Crippen LogP contribution is 2.31. The molecule has 122 valence electrons. The maximum absolute atomic E-state index is 12.4. The van der Waals surface area contributed by atoms with Gasteiger partial charge < -0.3 is 15.4 Å². The van der Waals surface area contributed by atoms with Crippen molar-refractivity contribution in [2.45, 2.75) is 25.8 Å². The number of likely N-dealkylation sites (tertiary alicyclic amines) is 1. The average Bonchev–Trinajstić information content (AvgIpc) is 2.72. The predicted octanol–water partition coefficient (Wildman–Crippen LogP) is 1.49. The number of unbranched alkanes of at least 4 members (excludes halogenated alkanes) is 1. The number of imide groups is 1. The number of nitrogens with zero attached hydrogens (tertiary/aromatic N) is 2. The van der Waals surface area contributed by atoms with Crippen molar-refractivity contribution in [2.24, 2.45) is 0 Å². The molecule has 7 heteroatoms. The van der Waals surface area contributed by atoms with Crippen LogP contribution in [0.25, 0.3) is 0 Å². The van der Waals surface area contributed by atoms with Crippen LogP contribution in [0.15, 0.2) is 18.2 Å². The normalized spacial score (nSPS) is 17.3. The fraction of sp³-hybridized carbons (Fsp3) is 0.438. The van der Waals surface area contributed by atoms with E-state index in [1.807, 2.05) is 6.92 Å². The molecule has 1 fully saturated rings. The van der Waals surface area contributed by atoms with E-state index in [1.165, 1.54) is 9.80 Å². The van der Waals surface area contributed by atoms with Gasteiger partial charge in [0.2, 0.25) is 0 Å². The maximum atomic E-state index is 12.4. The van der Waals surface area contributed by atoms with Gasteiger partial charge in [0.25, 0.3) is 11.8 Å². The molecule has 1 saturated heterocycles. The number of nitrogens with two attached hydrogens (primary N) is 1. The Morgan fingerprint density at radius 2 is 2.04 bits per heavy atom. The van der Waals surface area contributed by atoms with Crippen molar-refractivity contribution in [3.63, 3.8) is 0 Å². The van der Waals surface area contributed by atoms with E-state index in [4.69, 9.17) is 10.5 Å². The Morgan fingerprint density at radius 3 is 2.70 bits per heavy atom. The summed E-state index contributed by atoms with van der Waals surface area (Å²) in [6.07, 6.45) is 1.37. The van der Waals surface area contributed by atoms with E-state index in [0.29, 0.717) is 30.9 Å². The minimum absolute atomic E-state index is 0.265. The lowest BCUT2D eigenvalue weighted by molar-refractivity contribution is 0.0208. The lowest BCUT2D eigenvalue weighted by Crippen LogP contribution is -2.62. The summed E-state index contributed by atoms with van der Waals surface area (Å²) >= 11 is 0. The van der Waals surface area contributed by atoms with Crippen LogP contribution >= 0.6 is 0 Å². The first-order valence-corrected chi connectivity index (χ1v) is 7.72. The van der Waals surface area contributed by atoms with Crippen LogP contribution in [0.3, 0.4) is 0 Å². The second-order valence-corrected chi connectivity index (χ2v) is 5.78. The van der Waals surface area contributed by atoms with Crippen LogP contribution in [0.1, 0.15) is 40.5 Å². The molecule has 0 saturated carbocycles. The second kappa shape index (κ2) is 5.91. The summed E-state index contributed by atoms with van der Waals surface area (Å²) in [5.74, 6) is -0.728. The van der Waals surface area contributed by atoms with Gasteiger partial charge in [0, 0.05) is 18.8 Å². The molecule has 1 aromatic rings. The van der Waals surface area contributed by atoms with E-state index in [9.17, 15) is 14.4 Å². The highest BCUT2D eigenvalue weighted by atomic mass is 16.6. The van der Waals surface area contributed by atoms with Crippen LogP contribution < -0.4 is 5.73 Å². The largest absolute Gasteiger partial charge is 0.449 e. The fourth-order valence-corrected chi connectivity index (χ4v) is 2.82. The van der Waals surface area contributed by atoms with Gasteiger partial charge in [-0.05, 0) is 18.6 Å². The topological polar surface area (TPSA) is 92.9 Å². The first-order chi connectivity index (χ1) is 11.0. The quantitative estimate of drug-likeness (QED) is 0.516. The second-order valence-electron chi connectivity index (χ2n) is 5.78. The number of ether oxygens (including phenoxy) is 1. The van der Waals surface area contributed by atoms with Crippen molar-refractivity contribution in [3.05, 3.63) is 29.3 Å². The zero-order chi connectivity index (χ0) is 16.6. The number of benzene rings is 1. The Kier molecular flexibility index (Phi) is 3.94. The molecule has 0 spiro atoms.